The summed E-state index contributed by atoms with van der Waals surface area (Å²) < 4.78 is 5.59. The zero-order valence-electron chi connectivity index (χ0n) is 15.5. The van der Waals surface area contributed by atoms with E-state index >= 15 is 0 Å². The van der Waals surface area contributed by atoms with Crippen LogP contribution in [0.5, 0.6) is 0 Å². The minimum Gasteiger partial charge on any atom is -0.376 e. The Kier molecular flexibility index (Phi) is 6.71. The highest BCUT2D eigenvalue weighted by molar-refractivity contribution is 5.86. The van der Waals surface area contributed by atoms with Crippen LogP contribution >= 0.6 is 0 Å². The number of carbonyl (C=O) groups excluding carboxylic acids is 1. The van der Waals surface area contributed by atoms with Crippen molar-refractivity contribution in [3.05, 3.63) is 30.3 Å². The van der Waals surface area contributed by atoms with Crippen molar-refractivity contribution in [2.75, 3.05) is 57.8 Å². The molecule has 2 heterocycles. The van der Waals surface area contributed by atoms with Gasteiger partial charge in [-0.3, -0.25) is 9.79 Å². The van der Waals surface area contributed by atoms with Crippen molar-refractivity contribution < 1.29 is 9.53 Å². The average molecular weight is 359 g/mol. The largest absolute Gasteiger partial charge is 0.376 e. The van der Waals surface area contributed by atoms with E-state index in [1.165, 1.54) is 5.69 Å². The first-order valence-electron chi connectivity index (χ1n) is 9.40. The number of amides is 1. The Labute approximate surface area is 155 Å². The third-order valence-corrected chi connectivity index (χ3v) is 4.91. The summed E-state index contributed by atoms with van der Waals surface area (Å²) in [5.41, 5.74) is 1.22. The molecule has 0 aromatic heterocycles. The third-order valence-electron chi connectivity index (χ3n) is 4.91. The summed E-state index contributed by atoms with van der Waals surface area (Å²) in [6.07, 6.45) is 2.44. The Hall–Kier alpha value is -2.28. The van der Waals surface area contributed by atoms with E-state index < -0.39 is 0 Å². The number of carbonyl (C=O) groups is 1. The molecule has 7 heteroatoms. The molecule has 0 spiro atoms. The molecular weight excluding hydrogens is 330 g/mol. The zero-order chi connectivity index (χ0) is 18.2. The van der Waals surface area contributed by atoms with Gasteiger partial charge >= 0.3 is 0 Å². The SMILES string of the molecule is CN=C(NCC(=O)N1CCN(c2ccccc2)CC1)NCC1CCCO1. The average Bonchev–Trinajstić information content (AvgIpc) is 3.22. The number of benzene rings is 1. The number of hydrogen-bond acceptors (Lipinski definition) is 4. The van der Waals surface area contributed by atoms with Gasteiger partial charge in [-0.1, -0.05) is 18.2 Å². The minimum atomic E-state index is 0.109. The zero-order valence-corrected chi connectivity index (χ0v) is 15.5. The molecule has 1 amide bonds. The molecule has 142 valence electrons. The van der Waals surface area contributed by atoms with Gasteiger partial charge in [-0.25, -0.2) is 0 Å². The van der Waals surface area contributed by atoms with Crippen LogP contribution in [0.15, 0.2) is 35.3 Å². The van der Waals surface area contributed by atoms with Gasteiger partial charge in [0, 0.05) is 52.1 Å². The standard InChI is InChI=1S/C19H29N5O2/c1-20-19(21-14-17-8-5-13-26-17)22-15-18(25)24-11-9-23(10-12-24)16-6-3-2-4-7-16/h2-4,6-7,17H,5,8-15H2,1H3,(H2,20,21,22). The lowest BCUT2D eigenvalue weighted by atomic mass is 10.2. The fourth-order valence-corrected chi connectivity index (χ4v) is 3.36. The molecule has 1 aromatic carbocycles. The Morgan fingerprint density at radius 3 is 2.62 bits per heavy atom. The Morgan fingerprint density at radius 2 is 1.96 bits per heavy atom. The van der Waals surface area contributed by atoms with Crippen molar-refractivity contribution in [3.63, 3.8) is 0 Å². The van der Waals surface area contributed by atoms with Crippen molar-refractivity contribution in [3.8, 4) is 0 Å². The predicted molar refractivity (Wildman–Crippen MR) is 104 cm³/mol. The van der Waals surface area contributed by atoms with Crippen molar-refractivity contribution in [1.82, 2.24) is 15.5 Å². The monoisotopic (exact) mass is 359 g/mol. The van der Waals surface area contributed by atoms with Crippen LogP contribution in [0.1, 0.15) is 12.8 Å². The van der Waals surface area contributed by atoms with Gasteiger partial charge in [0.05, 0.1) is 12.6 Å². The number of nitrogens with zero attached hydrogens (tertiary/aromatic N) is 3. The lowest BCUT2D eigenvalue weighted by Crippen LogP contribution is -2.52. The van der Waals surface area contributed by atoms with E-state index in [0.717, 1.165) is 52.2 Å². The van der Waals surface area contributed by atoms with Crippen molar-refractivity contribution >= 4 is 17.6 Å². The van der Waals surface area contributed by atoms with Gasteiger partial charge in [-0.05, 0) is 25.0 Å². The second-order valence-corrected chi connectivity index (χ2v) is 6.65. The molecule has 2 aliphatic heterocycles. The normalized spacial score (nSPS) is 21.0. The summed E-state index contributed by atoms with van der Waals surface area (Å²) in [5.74, 6) is 0.759. The van der Waals surface area contributed by atoms with Crippen LogP contribution in [0.25, 0.3) is 0 Å². The smallest absolute Gasteiger partial charge is 0.242 e. The molecule has 2 N–H and O–H groups in total. The van der Waals surface area contributed by atoms with Gasteiger partial charge in [0.2, 0.25) is 5.91 Å². The number of aliphatic imine (C=N–C) groups is 1. The van der Waals surface area contributed by atoms with Gasteiger partial charge in [0.25, 0.3) is 0 Å². The maximum absolute atomic E-state index is 12.5. The molecule has 0 radical (unpaired) electrons. The van der Waals surface area contributed by atoms with Gasteiger partial charge in [0.15, 0.2) is 5.96 Å². The molecule has 2 saturated heterocycles. The van der Waals surface area contributed by atoms with Crippen LogP contribution in [-0.2, 0) is 9.53 Å². The molecule has 1 aromatic rings. The van der Waals surface area contributed by atoms with Crippen LogP contribution < -0.4 is 15.5 Å². The van der Waals surface area contributed by atoms with Gasteiger partial charge in [0.1, 0.15) is 0 Å². The van der Waals surface area contributed by atoms with E-state index in [2.05, 4.69) is 32.7 Å². The maximum atomic E-state index is 12.5. The first kappa shape index (κ1) is 18.5. The highest BCUT2D eigenvalue weighted by Crippen LogP contribution is 2.15. The lowest BCUT2D eigenvalue weighted by Gasteiger charge is -2.36. The van der Waals surface area contributed by atoms with E-state index in [1.807, 2.05) is 23.1 Å². The lowest BCUT2D eigenvalue weighted by molar-refractivity contribution is -0.130. The molecular formula is C19H29N5O2. The van der Waals surface area contributed by atoms with Crippen molar-refractivity contribution in [2.45, 2.75) is 18.9 Å². The van der Waals surface area contributed by atoms with Crippen molar-refractivity contribution in [2.24, 2.45) is 4.99 Å². The van der Waals surface area contributed by atoms with E-state index in [1.54, 1.807) is 7.05 Å². The summed E-state index contributed by atoms with van der Waals surface area (Å²) in [4.78, 5) is 20.9. The van der Waals surface area contributed by atoms with Crippen LogP contribution in [-0.4, -0.2) is 75.8 Å². The quantitative estimate of drug-likeness (QED) is 0.598. The van der Waals surface area contributed by atoms with Crippen LogP contribution in [0.4, 0.5) is 5.69 Å². The second kappa shape index (κ2) is 9.43. The second-order valence-electron chi connectivity index (χ2n) is 6.65. The molecule has 7 nitrogen and oxygen atoms in total. The third kappa shape index (κ3) is 5.11. The fourth-order valence-electron chi connectivity index (χ4n) is 3.36. The van der Waals surface area contributed by atoms with E-state index in [9.17, 15) is 4.79 Å². The molecule has 2 aliphatic rings. The van der Waals surface area contributed by atoms with Crippen LogP contribution in [0.3, 0.4) is 0 Å². The Balaban J connectivity index is 1.38. The highest BCUT2D eigenvalue weighted by atomic mass is 16.5. The molecule has 0 bridgehead atoms. The van der Waals surface area contributed by atoms with Gasteiger partial charge in [-0.2, -0.15) is 0 Å². The molecule has 26 heavy (non-hydrogen) atoms. The molecule has 2 fully saturated rings. The molecule has 1 unspecified atom stereocenters. The predicted octanol–water partition coefficient (Wildman–Crippen LogP) is 0.679. The number of rotatable bonds is 5. The summed E-state index contributed by atoms with van der Waals surface area (Å²) in [5, 5.41) is 6.34. The number of anilines is 1. The summed E-state index contributed by atoms with van der Waals surface area (Å²) in [6.45, 7) is 5.05. The van der Waals surface area contributed by atoms with Crippen molar-refractivity contribution in [1.29, 1.82) is 0 Å². The number of hydrogen-bond donors (Lipinski definition) is 2. The Morgan fingerprint density at radius 1 is 1.19 bits per heavy atom. The highest BCUT2D eigenvalue weighted by Gasteiger charge is 2.21. The summed E-state index contributed by atoms with van der Waals surface area (Å²) in [7, 11) is 1.72. The van der Waals surface area contributed by atoms with Crippen LogP contribution in [0.2, 0.25) is 0 Å². The first-order chi connectivity index (χ1) is 12.8. The molecule has 3 rings (SSSR count). The molecule has 0 saturated carbocycles. The van der Waals surface area contributed by atoms with Crippen LogP contribution in [0, 0.1) is 0 Å². The molecule has 1 atom stereocenters. The van der Waals surface area contributed by atoms with E-state index in [0.29, 0.717) is 5.96 Å². The van der Waals surface area contributed by atoms with E-state index in [4.69, 9.17) is 4.74 Å². The first-order valence-corrected chi connectivity index (χ1v) is 9.40. The minimum absolute atomic E-state index is 0.109. The number of ether oxygens (including phenoxy) is 1. The maximum Gasteiger partial charge on any atom is 0.242 e. The number of nitrogens with one attached hydrogen (secondary N) is 2. The Bertz CT molecular complexity index is 593. The summed E-state index contributed by atoms with van der Waals surface area (Å²) >= 11 is 0. The van der Waals surface area contributed by atoms with E-state index in [-0.39, 0.29) is 18.6 Å². The summed E-state index contributed by atoms with van der Waals surface area (Å²) in [6, 6.07) is 10.3. The van der Waals surface area contributed by atoms with Gasteiger partial charge in [-0.15, -0.1) is 0 Å². The number of para-hydroxylation sites is 1. The fraction of sp³-hybridized carbons (Fsp3) is 0.579. The van der Waals surface area contributed by atoms with Gasteiger partial charge < -0.3 is 25.2 Å². The number of guanidine groups is 1. The molecule has 0 aliphatic carbocycles. The topological polar surface area (TPSA) is 69.2 Å². The number of piperazine rings is 1.